The van der Waals surface area contributed by atoms with E-state index in [1.807, 2.05) is 31.2 Å². The molecule has 2 heterocycles. The van der Waals surface area contributed by atoms with Gasteiger partial charge in [0, 0.05) is 28.1 Å². The molecule has 2 N–H and O–H groups in total. The van der Waals surface area contributed by atoms with E-state index in [0.29, 0.717) is 5.56 Å². The third kappa shape index (κ3) is 4.10. The minimum absolute atomic E-state index is 0. The van der Waals surface area contributed by atoms with Crippen LogP contribution < -0.4 is 10.6 Å². The number of carbonyl (C=O) groups excluding carboxylic acids is 1. The van der Waals surface area contributed by atoms with Crippen molar-refractivity contribution in [2.75, 3.05) is 13.1 Å². The smallest absolute Gasteiger partial charge is 0.252 e. The molecular weight excluding hydrogens is 389 g/mol. The van der Waals surface area contributed by atoms with E-state index in [1.54, 1.807) is 0 Å². The highest BCUT2D eigenvalue weighted by atomic mass is 79.9. The summed E-state index contributed by atoms with van der Waals surface area (Å²) in [5, 5.41) is 7.22. The van der Waals surface area contributed by atoms with Gasteiger partial charge in [0.15, 0.2) is 0 Å². The van der Waals surface area contributed by atoms with E-state index < -0.39 is 0 Å². The van der Waals surface area contributed by atoms with E-state index in [2.05, 4.69) is 31.5 Å². The summed E-state index contributed by atoms with van der Waals surface area (Å²) in [6.45, 7) is 3.72. The third-order valence-electron chi connectivity index (χ3n) is 3.54. The molecule has 1 aliphatic rings. The van der Waals surface area contributed by atoms with Crippen molar-refractivity contribution in [2.45, 2.75) is 19.4 Å². The minimum Gasteiger partial charge on any atom is -0.348 e. The van der Waals surface area contributed by atoms with Crippen LogP contribution in [0.2, 0.25) is 0 Å². The molecule has 1 fully saturated rings. The number of aromatic nitrogens is 1. The zero-order valence-electron chi connectivity index (χ0n) is 12.1. The number of nitrogens with zero attached hydrogens (tertiary/aromatic N) is 1. The molecule has 120 valence electrons. The van der Waals surface area contributed by atoms with Crippen LogP contribution in [0.4, 0.5) is 0 Å². The van der Waals surface area contributed by atoms with Crippen LogP contribution >= 0.6 is 40.7 Å². The molecule has 1 atom stereocenters. The maximum atomic E-state index is 12.5. The summed E-state index contributed by atoms with van der Waals surface area (Å²) in [6.07, 6.45) is 0.984. The second-order valence-electron chi connectivity index (χ2n) is 5.14. The zero-order valence-corrected chi connectivity index (χ0v) is 15.3. The van der Waals surface area contributed by atoms with Gasteiger partial charge in [-0.05, 0) is 44.2 Å². The van der Waals surface area contributed by atoms with Gasteiger partial charge in [0.1, 0.15) is 0 Å². The highest BCUT2D eigenvalue weighted by Crippen LogP contribution is 2.23. The summed E-state index contributed by atoms with van der Waals surface area (Å²) < 4.78 is 0.951. The Balaban J connectivity index is 0.00000121. The van der Waals surface area contributed by atoms with E-state index in [9.17, 15) is 4.79 Å². The van der Waals surface area contributed by atoms with Crippen LogP contribution in [-0.2, 0) is 0 Å². The van der Waals surface area contributed by atoms with Gasteiger partial charge >= 0.3 is 0 Å². The Labute approximate surface area is 150 Å². The van der Waals surface area contributed by atoms with Gasteiger partial charge in [-0.25, -0.2) is 0 Å². The molecule has 1 aliphatic heterocycles. The zero-order chi connectivity index (χ0) is 14.1. The van der Waals surface area contributed by atoms with Gasteiger partial charge in [0.05, 0.1) is 11.1 Å². The molecule has 0 aliphatic carbocycles. The Kier molecular flexibility index (Phi) is 7.06. The number of nitrogens with one attached hydrogen (secondary N) is 2. The topological polar surface area (TPSA) is 54.0 Å². The lowest BCUT2D eigenvalue weighted by Crippen LogP contribution is -2.36. The molecule has 7 heteroatoms. The largest absolute Gasteiger partial charge is 0.348 e. The highest BCUT2D eigenvalue weighted by molar-refractivity contribution is 9.10. The monoisotopic (exact) mass is 405 g/mol. The molecule has 22 heavy (non-hydrogen) atoms. The van der Waals surface area contributed by atoms with Gasteiger partial charge in [-0.15, -0.1) is 24.8 Å². The number of pyridine rings is 1. The quantitative estimate of drug-likeness (QED) is 0.804. The second kappa shape index (κ2) is 8.11. The van der Waals surface area contributed by atoms with Crippen molar-refractivity contribution in [2.24, 2.45) is 0 Å². The van der Waals surface area contributed by atoms with Gasteiger partial charge in [-0.1, -0.05) is 15.9 Å². The molecular formula is C15H18BrCl2N3O. The Bertz CT molecular complexity index is 675. The molecule has 1 aromatic carbocycles. The maximum absolute atomic E-state index is 12.5. The van der Waals surface area contributed by atoms with Crippen molar-refractivity contribution in [1.82, 2.24) is 15.6 Å². The molecule has 0 saturated carbocycles. The molecule has 2 aromatic rings. The molecule has 1 unspecified atom stereocenters. The number of benzene rings is 1. The van der Waals surface area contributed by atoms with Crippen LogP contribution in [0, 0.1) is 6.92 Å². The molecule has 0 spiro atoms. The van der Waals surface area contributed by atoms with E-state index in [-0.39, 0.29) is 36.8 Å². The number of rotatable bonds is 2. The first kappa shape index (κ1) is 19.2. The molecule has 0 bridgehead atoms. The lowest BCUT2D eigenvalue weighted by molar-refractivity contribution is 0.0941. The summed E-state index contributed by atoms with van der Waals surface area (Å²) in [5.74, 6) is -0.0210. The number of carbonyl (C=O) groups is 1. The number of hydrogen-bond donors (Lipinski definition) is 2. The van der Waals surface area contributed by atoms with Gasteiger partial charge in [0.25, 0.3) is 5.91 Å². The van der Waals surface area contributed by atoms with Gasteiger partial charge in [-0.3, -0.25) is 9.78 Å². The van der Waals surface area contributed by atoms with Crippen LogP contribution in [0.25, 0.3) is 10.9 Å². The average molecular weight is 407 g/mol. The molecule has 0 radical (unpaired) electrons. The van der Waals surface area contributed by atoms with Crippen molar-refractivity contribution >= 4 is 57.6 Å². The van der Waals surface area contributed by atoms with Crippen molar-refractivity contribution < 1.29 is 4.79 Å². The van der Waals surface area contributed by atoms with Crippen LogP contribution in [0.15, 0.2) is 28.7 Å². The van der Waals surface area contributed by atoms with E-state index in [0.717, 1.165) is 40.6 Å². The van der Waals surface area contributed by atoms with Crippen molar-refractivity contribution in [3.63, 3.8) is 0 Å². The first-order chi connectivity index (χ1) is 9.63. The van der Waals surface area contributed by atoms with E-state index >= 15 is 0 Å². The lowest BCUT2D eigenvalue weighted by atomic mass is 10.1. The first-order valence-electron chi connectivity index (χ1n) is 6.72. The Hall–Kier alpha value is -0.880. The Morgan fingerprint density at radius 2 is 2.14 bits per heavy atom. The number of aryl methyl sites for hydroxylation is 1. The van der Waals surface area contributed by atoms with Crippen LogP contribution in [0.3, 0.4) is 0 Å². The summed E-state index contributed by atoms with van der Waals surface area (Å²) in [7, 11) is 0. The molecule has 1 saturated heterocycles. The van der Waals surface area contributed by atoms with Gasteiger partial charge in [-0.2, -0.15) is 0 Å². The van der Waals surface area contributed by atoms with Gasteiger partial charge in [0.2, 0.25) is 0 Å². The number of halogens is 3. The molecule has 3 rings (SSSR count). The summed E-state index contributed by atoms with van der Waals surface area (Å²) in [4.78, 5) is 17.0. The summed E-state index contributed by atoms with van der Waals surface area (Å²) in [6, 6.07) is 7.89. The molecule has 4 nitrogen and oxygen atoms in total. The number of hydrogen-bond acceptors (Lipinski definition) is 3. The minimum atomic E-state index is -0.0210. The molecule has 1 amide bonds. The first-order valence-corrected chi connectivity index (χ1v) is 7.51. The Morgan fingerprint density at radius 1 is 1.36 bits per heavy atom. The Morgan fingerprint density at radius 3 is 2.82 bits per heavy atom. The standard InChI is InChI=1S/C15H16BrN3O.2ClH/c1-9-6-13(15(20)19-11-4-5-17-8-11)12-7-10(16)2-3-14(12)18-9;;/h2-3,6-7,11,17H,4-5,8H2,1H3,(H,19,20);2*1H. The predicted octanol–water partition coefficient (Wildman–Crippen LogP) is 3.24. The summed E-state index contributed by atoms with van der Waals surface area (Å²) in [5.41, 5.74) is 2.40. The molecule has 1 aromatic heterocycles. The van der Waals surface area contributed by atoms with Crippen molar-refractivity contribution in [3.05, 3.63) is 40.0 Å². The summed E-state index contributed by atoms with van der Waals surface area (Å²) >= 11 is 3.45. The van der Waals surface area contributed by atoms with Gasteiger partial charge < -0.3 is 10.6 Å². The fraction of sp³-hybridized carbons (Fsp3) is 0.333. The fourth-order valence-corrected chi connectivity index (χ4v) is 2.92. The van der Waals surface area contributed by atoms with Crippen LogP contribution in [0.5, 0.6) is 0 Å². The van der Waals surface area contributed by atoms with E-state index in [1.165, 1.54) is 0 Å². The third-order valence-corrected chi connectivity index (χ3v) is 4.03. The van der Waals surface area contributed by atoms with E-state index in [4.69, 9.17) is 0 Å². The van der Waals surface area contributed by atoms with Crippen LogP contribution in [-0.4, -0.2) is 30.0 Å². The average Bonchev–Trinajstić information content (AvgIpc) is 2.91. The normalized spacial score (nSPS) is 16.7. The number of fused-ring (bicyclic) bond motifs is 1. The highest BCUT2D eigenvalue weighted by Gasteiger charge is 2.19. The fourth-order valence-electron chi connectivity index (χ4n) is 2.56. The number of amides is 1. The van der Waals surface area contributed by atoms with Crippen molar-refractivity contribution in [1.29, 1.82) is 0 Å². The maximum Gasteiger partial charge on any atom is 0.252 e. The lowest BCUT2D eigenvalue weighted by Gasteiger charge is -2.13. The second-order valence-corrected chi connectivity index (χ2v) is 6.05. The SMILES string of the molecule is Cc1cc(C(=O)NC2CCNC2)c2cc(Br)ccc2n1.Cl.Cl. The predicted molar refractivity (Wildman–Crippen MR) is 97.4 cm³/mol. The van der Waals surface area contributed by atoms with Crippen LogP contribution in [0.1, 0.15) is 22.5 Å². The van der Waals surface area contributed by atoms with Crippen molar-refractivity contribution in [3.8, 4) is 0 Å².